The first kappa shape index (κ1) is 14.7. The summed E-state index contributed by atoms with van der Waals surface area (Å²) in [5, 5.41) is 9.07. The molecule has 0 spiro atoms. The van der Waals surface area contributed by atoms with Gasteiger partial charge in [-0.2, -0.15) is 0 Å². The number of rotatable bonds is 5. The maximum absolute atomic E-state index is 11.0. The maximum atomic E-state index is 11.0. The molecule has 0 aromatic heterocycles. The molecule has 0 radical (unpaired) electrons. The third-order valence-corrected chi connectivity index (χ3v) is 4.03. The molecule has 1 aliphatic carbocycles. The summed E-state index contributed by atoms with van der Waals surface area (Å²) in [5.41, 5.74) is 1.15. The number of carbonyl (C=O) groups is 1. The lowest BCUT2D eigenvalue weighted by molar-refractivity contribution is -0.142. The minimum Gasteiger partial charge on any atom is -0.497 e. The Bertz CT molecular complexity index is 462. The Morgan fingerprint density at radius 3 is 2.55 bits per heavy atom. The third kappa shape index (κ3) is 3.24. The van der Waals surface area contributed by atoms with Gasteiger partial charge in [0.05, 0.1) is 19.6 Å². The molecule has 1 N–H and O–H groups in total. The third-order valence-electron chi connectivity index (χ3n) is 4.03. The summed E-state index contributed by atoms with van der Waals surface area (Å²) in [5.74, 6) is 1.23. The molecule has 0 unspecified atom stereocenters. The van der Waals surface area contributed by atoms with Crippen molar-refractivity contribution in [2.75, 3.05) is 13.7 Å². The smallest absolute Gasteiger partial charge is 0.306 e. The lowest BCUT2D eigenvalue weighted by Crippen LogP contribution is -2.20. The van der Waals surface area contributed by atoms with Crippen molar-refractivity contribution in [1.29, 1.82) is 0 Å². The fourth-order valence-corrected chi connectivity index (χ4v) is 2.91. The molecule has 0 amide bonds. The SMILES string of the molecule is CCOc1ccc(OC)cc1C1CCC(C(=O)O)CC1. The van der Waals surface area contributed by atoms with E-state index >= 15 is 0 Å². The molecular formula is C16H22O4. The van der Waals surface area contributed by atoms with E-state index in [9.17, 15) is 4.79 Å². The van der Waals surface area contributed by atoms with Gasteiger partial charge in [-0.05, 0) is 56.7 Å². The van der Waals surface area contributed by atoms with Crippen LogP contribution in [0.4, 0.5) is 0 Å². The molecule has 0 heterocycles. The molecule has 1 aromatic rings. The van der Waals surface area contributed by atoms with Gasteiger partial charge in [0.25, 0.3) is 0 Å². The molecule has 4 nitrogen and oxygen atoms in total. The number of carboxylic acid groups (broad SMARTS) is 1. The highest BCUT2D eigenvalue weighted by Gasteiger charge is 2.28. The van der Waals surface area contributed by atoms with Crippen LogP contribution in [0, 0.1) is 5.92 Å². The highest BCUT2D eigenvalue weighted by molar-refractivity contribution is 5.70. The lowest BCUT2D eigenvalue weighted by Gasteiger charge is -2.28. The van der Waals surface area contributed by atoms with E-state index in [-0.39, 0.29) is 5.92 Å². The van der Waals surface area contributed by atoms with Crippen LogP contribution in [0.25, 0.3) is 0 Å². The summed E-state index contributed by atoms with van der Waals surface area (Å²) >= 11 is 0. The summed E-state index contributed by atoms with van der Waals surface area (Å²) < 4.78 is 11.0. The minimum atomic E-state index is -0.667. The van der Waals surface area contributed by atoms with E-state index in [0.717, 1.165) is 42.7 Å². The molecule has 0 atom stereocenters. The maximum Gasteiger partial charge on any atom is 0.306 e. The van der Waals surface area contributed by atoms with E-state index in [0.29, 0.717) is 12.5 Å². The van der Waals surface area contributed by atoms with Crippen LogP contribution in [0.15, 0.2) is 18.2 Å². The first-order chi connectivity index (χ1) is 9.65. The van der Waals surface area contributed by atoms with Crippen LogP contribution in [0.2, 0.25) is 0 Å². The van der Waals surface area contributed by atoms with Crippen LogP contribution < -0.4 is 9.47 Å². The Hall–Kier alpha value is -1.71. The molecule has 110 valence electrons. The van der Waals surface area contributed by atoms with Crippen molar-refractivity contribution in [3.63, 3.8) is 0 Å². The Kier molecular flexibility index (Phi) is 4.88. The van der Waals surface area contributed by atoms with Gasteiger partial charge in [0, 0.05) is 5.56 Å². The second-order valence-corrected chi connectivity index (χ2v) is 5.22. The van der Waals surface area contributed by atoms with Crippen molar-refractivity contribution in [2.45, 2.75) is 38.5 Å². The number of hydrogen-bond acceptors (Lipinski definition) is 3. The van der Waals surface area contributed by atoms with Gasteiger partial charge in [-0.25, -0.2) is 0 Å². The normalized spacial score (nSPS) is 22.3. The Labute approximate surface area is 119 Å². The van der Waals surface area contributed by atoms with Crippen LogP contribution >= 0.6 is 0 Å². The first-order valence-electron chi connectivity index (χ1n) is 7.19. The molecule has 1 fully saturated rings. The molecule has 20 heavy (non-hydrogen) atoms. The van der Waals surface area contributed by atoms with E-state index in [1.54, 1.807) is 7.11 Å². The van der Waals surface area contributed by atoms with E-state index in [1.165, 1.54) is 0 Å². The topological polar surface area (TPSA) is 55.8 Å². The van der Waals surface area contributed by atoms with Crippen molar-refractivity contribution in [3.8, 4) is 11.5 Å². The van der Waals surface area contributed by atoms with Crippen LogP contribution in [0.5, 0.6) is 11.5 Å². The average Bonchev–Trinajstić information content (AvgIpc) is 2.48. The number of methoxy groups -OCH3 is 1. The van der Waals surface area contributed by atoms with Gasteiger partial charge in [0.2, 0.25) is 0 Å². The Balaban J connectivity index is 2.16. The average molecular weight is 278 g/mol. The second-order valence-electron chi connectivity index (χ2n) is 5.22. The molecule has 1 aliphatic rings. The summed E-state index contributed by atoms with van der Waals surface area (Å²) in [7, 11) is 1.65. The summed E-state index contributed by atoms with van der Waals surface area (Å²) in [6, 6.07) is 5.87. The first-order valence-corrected chi connectivity index (χ1v) is 7.19. The van der Waals surface area contributed by atoms with Gasteiger partial charge in [0.1, 0.15) is 11.5 Å². The number of benzene rings is 1. The zero-order valence-corrected chi connectivity index (χ0v) is 12.1. The summed E-state index contributed by atoms with van der Waals surface area (Å²) in [4.78, 5) is 11.0. The predicted molar refractivity (Wildman–Crippen MR) is 76.5 cm³/mol. The molecule has 4 heteroatoms. The van der Waals surface area contributed by atoms with Gasteiger partial charge in [-0.15, -0.1) is 0 Å². The number of ether oxygens (including phenoxy) is 2. The fourth-order valence-electron chi connectivity index (χ4n) is 2.91. The highest BCUT2D eigenvalue weighted by atomic mass is 16.5. The van der Waals surface area contributed by atoms with Crippen molar-refractivity contribution in [1.82, 2.24) is 0 Å². The Morgan fingerprint density at radius 1 is 1.30 bits per heavy atom. The molecule has 1 aromatic carbocycles. The van der Waals surface area contributed by atoms with Gasteiger partial charge in [-0.3, -0.25) is 4.79 Å². The quantitative estimate of drug-likeness (QED) is 0.896. The van der Waals surface area contributed by atoms with Gasteiger partial charge < -0.3 is 14.6 Å². The van der Waals surface area contributed by atoms with Crippen LogP contribution in [0.3, 0.4) is 0 Å². The van der Waals surface area contributed by atoms with Gasteiger partial charge in [-0.1, -0.05) is 0 Å². The molecule has 2 rings (SSSR count). The molecule has 0 aliphatic heterocycles. The summed E-state index contributed by atoms with van der Waals surface area (Å²) in [6.45, 7) is 2.60. The van der Waals surface area contributed by atoms with Crippen molar-refractivity contribution >= 4 is 5.97 Å². The number of aliphatic carboxylic acids is 1. The van der Waals surface area contributed by atoms with Crippen LogP contribution in [0.1, 0.15) is 44.1 Å². The number of hydrogen-bond donors (Lipinski definition) is 1. The lowest BCUT2D eigenvalue weighted by atomic mass is 9.78. The largest absolute Gasteiger partial charge is 0.497 e. The van der Waals surface area contributed by atoms with E-state index < -0.39 is 5.97 Å². The van der Waals surface area contributed by atoms with E-state index in [4.69, 9.17) is 14.6 Å². The fraction of sp³-hybridized carbons (Fsp3) is 0.562. The van der Waals surface area contributed by atoms with Crippen LogP contribution in [-0.4, -0.2) is 24.8 Å². The zero-order chi connectivity index (χ0) is 14.5. The molecule has 0 saturated heterocycles. The van der Waals surface area contributed by atoms with Crippen LogP contribution in [-0.2, 0) is 4.79 Å². The highest BCUT2D eigenvalue weighted by Crippen LogP contribution is 2.41. The van der Waals surface area contributed by atoms with Crippen molar-refractivity contribution < 1.29 is 19.4 Å². The van der Waals surface area contributed by atoms with Crippen molar-refractivity contribution in [3.05, 3.63) is 23.8 Å². The minimum absolute atomic E-state index is 0.188. The second kappa shape index (κ2) is 6.64. The predicted octanol–water partition coefficient (Wildman–Crippen LogP) is 3.45. The van der Waals surface area contributed by atoms with E-state index in [1.807, 2.05) is 25.1 Å². The monoisotopic (exact) mass is 278 g/mol. The molecule has 0 bridgehead atoms. The van der Waals surface area contributed by atoms with Gasteiger partial charge in [0.15, 0.2) is 0 Å². The molecular weight excluding hydrogens is 256 g/mol. The summed E-state index contributed by atoms with van der Waals surface area (Å²) in [6.07, 6.45) is 3.26. The number of carboxylic acids is 1. The van der Waals surface area contributed by atoms with E-state index in [2.05, 4.69) is 0 Å². The molecule has 1 saturated carbocycles. The van der Waals surface area contributed by atoms with Gasteiger partial charge >= 0.3 is 5.97 Å². The zero-order valence-electron chi connectivity index (χ0n) is 12.1. The standard InChI is InChI=1S/C16H22O4/c1-3-20-15-9-8-13(19-2)10-14(15)11-4-6-12(7-5-11)16(17)18/h8-12H,3-7H2,1-2H3,(H,17,18). The van der Waals surface area contributed by atoms with Crippen molar-refractivity contribution in [2.24, 2.45) is 5.92 Å². The Morgan fingerprint density at radius 2 is 2.00 bits per heavy atom.